The van der Waals surface area contributed by atoms with Gasteiger partial charge in [0.25, 0.3) is 0 Å². The van der Waals surface area contributed by atoms with Crippen molar-refractivity contribution in [2.45, 2.75) is 12.3 Å². The van der Waals surface area contributed by atoms with Gasteiger partial charge in [-0.25, -0.2) is 4.39 Å². The van der Waals surface area contributed by atoms with Crippen molar-refractivity contribution in [3.63, 3.8) is 0 Å². The fourth-order valence-corrected chi connectivity index (χ4v) is 2.54. The summed E-state index contributed by atoms with van der Waals surface area (Å²) in [5.41, 5.74) is 0.916. The van der Waals surface area contributed by atoms with Crippen molar-refractivity contribution in [1.82, 2.24) is 0 Å². The van der Waals surface area contributed by atoms with Crippen LogP contribution in [0.15, 0.2) is 53.0 Å². The SMILES string of the molecule is Fc1cccc(C(CCl)CCOc2ccc(Br)cc2)c1. The highest BCUT2D eigenvalue weighted by molar-refractivity contribution is 9.10. The molecule has 0 saturated carbocycles. The quantitative estimate of drug-likeness (QED) is 0.631. The molecule has 1 atom stereocenters. The Bertz CT molecular complexity index is 544. The van der Waals surface area contributed by atoms with E-state index < -0.39 is 0 Å². The predicted octanol–water partition coefficient (Wildman–Crippen LogP) is 5.38. The van der Waals surface area contributed by atoms with E-state index in [2.05, 4.69) is 15.9 Å². The maximum Gasteiger partial charge on any atom is 0.123 e. The first-order valence-corrected chi connectivity index (χ1v) is 7.71. The lowest BCUT2D eigenvalue weighted by Crippen LogP contribution is -2.07. The average molecular weight is 358 g/mol. The average Bonchev–Trinajstić information content (AvgIpc) is 2.45. The largest absolute Gasteiger partial charge is 0.494 e. The zero-order valence-electron chi connectivity index (χ0n) is 10.9. The molecule has 1 nitrogen and oxygen atoms in total. The fraction of sp³-hybridized carbons (Fsp3) is 0.250. The lowest BCUT2D eigenvalue weighted by atomic mass is 9.98. The van der Waals surface area contributed by atoms with Crippen LogP contribution in [0.1, 0.15) is 17.9 Å². The first-order chi connectivity index (χ1) is 9.69. The molecule has 1 unspecified atom stereocenters. The van der Waals surface area contributed by atoms with Crippen LogP contribution in [0.3, 0.4) is 0 Å². The summed E-state index contributed by atoms with van der Waals surface area (Å²) in [5.74, 6) is 1.14. The topological polar surface area (TPSA) is 9.23 Å². The number of hydrogen-bond acceptors (Lipinski definition) is 1. The van der Waals surface area contributed by atoms with Crippen molar-refractivity contribution in [2.24, 2.45) is 0 Å². The Balaban J connectivity index is 1.89. The number of alkyl halides is 1. The third-order valence-corrected chi connectivity index (χ3v) is 3.96. The molecule has 2 aromatic carbocycles. The van der Waals surface area contributed by atoms with Gasteiger partial charge in [-0.3, -0.25) is 0 Å². The molecule has 2 aromatic rings. The molecule has 0 N–H and O–H groups in total. The molecule has 106 valence electrons. The molecule has 0 bridgehead atoms. The standard InChI is InChI=1S/C16H15BrClFO/c17-14-4-6-16(7-5-14)20-9-8-13(11-18)12-2-1-3-15(19)10-12/h1-7,10,13H,8-9,11H2. The van der Waals surface area contributed by atoms with Gasteiger partial charge in [0.2, 0.25) is 0 Å². The highest BCUT2D eigenvalue weighted by atomic mass is 79.9. The van der Waals surface area contributed by atoms with Gasteiger partial charge in [-0.15, -0.1) is 11.6 Å². The van der Waals surface area contributed by atoms with E-state index in [0.717, 1.165) is 22.2 Å². The normalized spacial score (nSPS) is 12.2. The zero-order chi connectivity index (χ0) is 14.4. The van der Waals surface area contributed by atoms with E-state index in [1.54, 1.807) is 6.07 Å². The first-order valence-electron chi connectivity index (χ1n) is 6.39. The molecular weight excluding hydrogens is 343 g/mol. The molecule has 20 heavy (non-hydrogen) atoms. The van der Waals surface area contributed by atoms with Crippen LogP contribution in [-0.2, 0) is 0 Å². The molecule has 0 saturated heterocycles. The van der Waals surface area contributed by atoms with Crippen LogP contribution in [0.5, 0.6) is 5.75 Å². The first kappa shape index (κ1) is 15.3. The number of ether oxygens (including phenoxy) is 1. The minimum absolute atomic E-state index is 0.0998. The van der Waals surface area contributed by atoms with Gasteiger partial charge in [-0.2, -0.15) is 0 Å². The highest BCUT2D eigenvalue weighted by Gasteiger charge is 2.11. The van der Waals surface area contributed by atoms with Crippen molar-refractivity contribution >= 4 is 27.5 Å². The molecule has 0 aromatic heterocycles. The number of hydrogen-bond donors (Lipinski definition) is 0. The molecular formula is C16H15BrClFO. The van der Waals surface area contributed by atoms with Crippen LogP contribution >= 0.6 is 27.5 Å². The smallest absolute Gasteiger partial charge is 0.123 e. The van der Waals surface area contributed by atoms with Gasteiger partial charge in [0.05, 0.1) is 6.61 Å². The number of rotatable bonds is 6. The van der Waals surface area contributed by atoms with Crippen LogP contribution < -0.4 is 4.74 Å². The van der Waals surface area contributed by atoms with E-state index >= 15 is 0 Å². The van der Waals surface area contributed by atoms with Gasteiger partial charge in [0, 0.05) is 16.3 Å². The zero-order valence-corrected chi connectivity index (χ0v) is 13.2. The Morgan fingerprint density at radius 1 is 1.15 bits per heavy atom. The van der Waals surface area contributed by atoms with Crippen LogP contribution in [0, 0.1) is 5.82 Å². The van der Waals surface area contributed by atoms with Gasteiger partial charge in [0.1, 0.15) is 11.6 Å². The van der Waals surface area contributed by atoms with E-state index in [9.17, 15) is 4.39 Å². The third-order valence-electron chi connectivity index (χ3n) is 3.06. The summed E-state index contributed by atoms with van der Waals surface area (Å²) in [6, 6.07) is 14.3. The summed E-state index contributed by atoms with van der Waals surface area (Å²) in [7, 11) is 0. The van der Waals surface area contributed by atoms with Crippen LogP contribution in [0.2, 0.25) is 0 Å². The Morgan fingerprint density at radius 3 is 2.55 bits per heavy atom. The second-order valence-electron chi connectivity index (χ2n) is 4.50. The van der Waals surface area contributed by atoms with Crippen molar-refractivity contribution in [3.8, 4) is 5.75 Å². The van der Waals surface area contributed by atoms with Crippen LogP contribution in [0.25, 0.3) is 0 Å². The summed E-state index contributed by atoms with van der Waals surface area (Å²) in [6.45, 7) is 0.551. The molecule has 0 aliphatic heterocycles. The van der Waals surface area contributed by atoms with E-state index in [1.807, 2.05) is 30.3 Å². The molecule has 0 spiro atoms. The van der Waals surface area contributed by atoms with Gasteiger partial charge in [-0.05, 0) is 48.4 Å². The molecule has 0 fully saturated rings. The second-order valence-corrected chi connectivity index (χ2v) is 5.72. The van der Waals surface area contributed by atoms with E-state index in [-0.39, 0.29) is 11.7 Å². The second kappa shape index (κ2) is 7.65. The third kappa shape index (κ3) is 4.50. The van der Waals surface area contributed by atoms with Crippen molar-refractivity contribution < 1.29 is 9.13 Å². The predicted molar refractivity (Wildman–Crippen MR) is 84.1 cm³/mol. The Morgan fingerprint density at radius 2 is 1.90 bits per heavy atom. The molecule has 4 heteroatoms. The van der Waals surface area contributed by atoms with Crippen molar-refractivity contribution in [1.29, 1.82) is 0 Å². The summed E-state index contributed by atoms with van der Waals surface area (Å²) in [6.07, 6.45) is 0.753. The van der Waals surface area contributed by atoms with Crippen molar-refractivity contribution in [3.05, 3.63) is 64.4 Å². The summed E-state index contributed by atoms with van der Waals surface area (Å²) in [4.78, 5) is 0. The maximum atomic E-state index is 13.2. The maximum absolute atomic E-state index is 13.2. The summed E-state index contributed by atoms with van der Waals surface area (Å²) < 4.78 is 19.9. The van der Waals surface area contributed by atoms with Crippen LogP contribution in [-0.4, -0.2) is 12.5 Å². The summed E-state index contributed by atoms with van der Waals surface area (Å²) >= 11 is 9.35. The molecule has 0 heterocycles. The lowest BCUT2D eigenvalue weighted by molar-refractivity contribution is 0.301. The van der Waals surface area contributed by atoms with Crippen LogP contribution in [0.4, 0.5) is 4.39 Å². The fourth-order valence-electron chi connectivity index (χ4n) is 1.94. The summed E-state index contributed by atoms with van der Waals surface area (Å²) in [5, 5.41) is 0. The van der Waals surface area contributed by atoms with Gasteiger partial charge < -0.3 is 4.74 Å². The van der Waals surface area contributed by atoms with Gasteiger partial charge in [-0.1, -0.05) is 28.1 Å². The Kier molecular flexibility index (Phi) is 5.86. The molecule has 0 aliphatic rings. The minimum Gasteiger partial charge on any atom is -0.494 e. The van der Waals surface area contributed by atoms with E-state index in [0.29, 0.717) is 12.5 Å². The van der Waals surface area contributed by atoms with E-state index in [4.69, 9.17) is 16.3 Å². The molecule has 0 amide bonds. The molecule has 2 rings (SSSR count). The number of halogens is 3. The van der Waals surface area contributed by atoms with Gasteiger partial charge >= 0.3 is 0 Å². The highest BCUT2D eigenvalue weighted by Crippen LogP contribution is 2.23. The lowest BCUT2D eigenvalue weighted by Gasteiger charge is -2.15. The molecule has 0 aliphatic carbocycles. The Hall–Kier alpha value is -1.06. The Labute approximate surface area is 131 Å². The monoisotopic (exact) mass is 356 g/mol. The molecule has 0 radical (unpaired) electrons. The van der Waals surface area contributed by atoms with Gasteiger partial charge in [0.15, 0.2) is 0 Å². The minimum atomic E-state index is -0.230. The number of benzene rings is 2. The van der Waals surface area contributed by atoms with E-state index in [1.165, 1.54) is 12.1 Å². The van der Waals surface area contributed by atoms with Crippen molar-refractivity contribution in [2.75, 3.05) is 12.5 Å².